The van der Waals surface area contributed by atoms with Gasteiger partial charge in [-0.2, -0.15) is 0 Å². The molecule has 0 bridgehead atoms. The summed E-state index contributed by atoms with van der Waals surface area (Å²) >= 11 is 0. The number of carbonyl (C=O) groups excluding carboxylic acids is 1. The number of hydrogen-bond donors (Lipinski definition) is 1. The summed E-state index contributed by atoms with van der Waals surface area (Å²) in [5.41, 5.74) is 2.17. The lowest BCUT2D eigenvalue weighted by molar-refractivity contribution is 0.0296. The summed E-state index contributed by atoms with van der Waals surface area (Å²) in [5, 5.41) is 5.00. The van der Waals surface area contributed by atoms with Gasteiger partial charge in [0.15, 0.2) is 11.5 Å². The number of para-hydroxylation sites is 1. The molecule has 2 aromatic heterocycles. The summed E-state index contributed by atoms with van der Waals surface area (Å²) < 4.78 is 10.6. The Morgan fingerprint density at radius 2 is 2.00 bits per heavy atom. The van der Waals surface area contributed by atoms with E-state index in [-0.39, 0.29) is 5.91 Å². The molecular formula is C16H15N3O3. The molecule has 1 aliphatic rings. The molecule has 112 valence electrons. The van der Waals surface area contributed by atoms with Gasteiger partial charge in [-0.25, -0.2) is 0 Å². The molecule has 4 rings (SSSR count). The molecule has 3 aromatic rings. The van der Waals surface area contributed by atoms with E-state index in [4.69, 9.17) is 9.26 Å². The van der Waals surface area contributed by atoms with E-state index in [1.165, 1.54) is 0 Å². The third-order valence-electron chi connectivity index (χ3n) is 3.82. The van der Waals surface area contributed by atoms with Crippen molar-refractivity contribution in [2.75, 3.05) is 26.3 Å². The third kappa shape index (κ3) is 2.27. The van der Waals surface area contributed by atoms with Crippen LogP contribution in [-0.2, 0) is 4.74 Å². The van der Waals surface area contributed by atoms with Crippen molar-refractivity contribution in [3.8, 4) is 11.5 Å². The number of benzene rings is 1. The summed E-state index contributed by atoms with van der Waals surface area (Å²) in [6, 6.07) is 11.6. The molecule has 1 saturated heterocycles. The van der Waals surface area contributed by atoms with Gasteiger partial charge in [0.25, 0.3) is 5.91 Å². The van der Waals surface area contributed by atoms with Gasteiger partial charge in [0, 0.05) is 30.1 Å². The van der Waals surface area contributed by atoms with Gasteiger partial charge in [0.2, 0.25) is 0 Å². The van der Waals surface area contributed by atoms with Gasteiger partial charge >= 0.3 is 0 Å². The molecule has 0 atom stereocenters. The van der Waals surface area contributed by atoms with Crippen LogP contribution in [0, 0.1) is 0 Å². The Balaban J connectivity index is 1.61. The van der Waals surface area contributed by atoms with E-state index in [2.05, 4.69) is 10.1 Å². The van der Waals surface area contributed by atoms with E-state index in [1.807, 2.05) is 30.3 Å². The van der Waals surface area contributed by atoms with Crippen molar-refractivity contribution in [3.63, 3.8) is 0 Å². The zero-order valence-corrected chi connectivity index (χ0v) is 11.9. The lowest BCUT2D eigenvalue weighted by Gasteiger charge is -2.25. The van der Waals surface area contributed by atoms with E-state index in [0.717, 1.165) is 16.6 Å². The van der Waals surface area contributed by atoms with Crippen molar-refractivity contribution in [1.29, 1.82) is 0 Å². The fraction of sp³-hybridized carbons (Fsp3) is 0.250. The number of fused-ring (bicyclic) bond motifs is 1. The summed E-state index contributed by atoms with van der Waals surface area (Å²) in [7, 11) is 0. The summed E-state index contributed by atoms with van der Waals surface area (Å²) in [4.78, 5) is 17.4. The lowest BCUT2D eigenvalue weighted by Crippen LogP contribution is -2.40. The van der Waals surface area contributed by atoms with Gasteiger partial charge < -0.3 is 19.1 Å². The first-order valence-electron chi connectivity index (χ1n) is 7.23. The molecule has 0 unspecified atom stereocenters. The molecule has 0 saturated carbocycles. The fourth-order valence-electron chi connectivity index (χ4n) is 2.64. The molecule has 1 amide bonds. The van der Waals surface area contributed by atoms with Crippen molar-refractivity contribution in [2.24, 2.45) is 0 Å². The van der Waals surface area contributed by atoms with E-state index < -0.39 is 0 Å². The summed E-state index contributed by atoms with van der Waals surface area (Å²) in [5.74, 6) is 0.447. The zero-order valence-electron chi connectivity index (χ0n) is 11.9. The predicted octanol–water partition coefficient (Wildman–Crippen LogP) is 2.30. The Hall–Kier alpha value is -2.60. The van der Waals surface area contributed by atoms with Crippen LogP contribution in [0.4, 0.5) is 0 Å². The number of nitrogens with zero attached hydrogens (tertiary/aromatic N) is 2. The maximum Gasteiger partial charge on any atom is 0.276 e. The van der Waals surface area contributed by atoms with E-state index in [0.29, 0.717) is 37.8 Å². The van der Waals surface area contributed by atoms with Crippen molar-refractivity contribution in [1.82, 2.24) is 15.0 Å². The number of rotatable bonds is 2. The number of amides is 1. The molecule has 1 N–H and O–H groups in total. The Morgan fingerprint density at radius 3 is 2.82 bits per heavy atom. The van der Waals surface area contributed by atoms with E-state index in [9.17, 15) is 4.79 Å². The van der Waals surface area contributed by atoms with Gasteiger partial charge in [-0.05, 0) is 12.1 Å². The zero-order chi connectivity index (χ0) is 14.9. The molecule has 6 heteroatoms. The Morgan fingerprint density at radius 1 is 1.18 bits per heavy atom. The van der Waals surface area contributed by atoms with Crippen molar-refractivity contribution >= 4 is 16.8 Å². The highest BCUT2D eigenvalue weighted by molar-refractivity contribution is 5.93. The highest BCUT2D eigenvalue weighted by atomic mass is 16.5. The van der Waals surface area contributed by atoms with Crippen molar-refractivity contribution in [3.05, 3.63) is 42.1 Å². The predicted molar refractivity (Wildman–Crippen MR) is 80.5 cm³/mol. The molecule has 3 heterocycles. The first kappa shape index (κ1) is 13.1. The summed E-state index contributed by atoms with van der Waals surface area (Å²) in [6.45, 7) is 2.32. The average Bonchev–Trinajstić information content (AvgIpc) is 3.21. The number of ether oxygens (including phenoxy) is 1. The molecule has 0 spiro atoms. The van der Waals surface area contributed by atoms with Crippen LogP contribution >= 0.6 is 0 Å². The summed E-state index contributed by atoms with van der Waals surface area (Å²) in [6.07, 6.45) is 0. The maximum absolute atomic E-state index is 12.4. The van der Waals surface area contributed by atoms with E-state index >= 15 is 0 Å². The van der Waals surface area contributed by atoms with Crippen LogP contribution in [0.15, 0.2) is 40.9 Å². The van der Waals surface area contributed by atoms with Crippen LogP contribution in [-0.4, -0.2) is 47.3 Å². The number of aromatic nitrogens is 2. The standard InChI is InChI=1S/C16H15N3O3/c20-16(19-5-7-21-8-6-19)14-10-15(22-18-14)13-9-11-3-1-2-4-12(11)17-13/h1-4,9-10,17H,5-8H2. The minimum atomic E-state index is -0.116. The topological polar surface area (TPSA) is 71.4 Å². The fourth-order valence-corrected chi connectivity index (χ4v) is 2.64. The van der Waals surface area contributed by atoms with Gasteiger partial charge in [-0.1, -0.05) is 23.4 Å². The normalized spacial score (nSPS) is 15.4. The largest absolute Gasteiger partial charge is 0.378 e. The smallest absolute Gasteiger partial charge is 0.276 e. The molecule has 1 fully saturated rings. The first-order chi connectivity index (χ1) is 10.8. The molecule has 1 aliphatic heterocycles. The van der Waals surface area contributed by atoms with Crippen LogP contribution in [0.25, 0.3) is 22.4 Å². The second-order valence-corrected chi connectivity index (χ2v) is 5.25. The molecular weight excluding hydrogens is 282 g/mol. The van der Waals surface area contributed by atoms with Gasteiger partial charge in [0.1, 0.15) is 0 Å². The van der Waals surface area contributed by atoms with Crippen LogP contribution in [0.2, 0.25) is 0 Å². The van der Waals surface area contributed by atoms with Crippen molar-refractivity contribution < 1.29 is 14.1 Å². The Kier molecular flexibility index (Phi) is 3.16. The number of carbonyl (C=O) groups is 1. The molecule has 0 aliphatic carbocycles. The van der Waals surface area contributed by atoms with Crippen molar-refractivity contribution in [2.45, 2.75) is 0 Å². The number of aromatic amines is 1. The third-order valence-corrected chi connectivity index (χ3v) is 3.82. The van der Waals surface area contributed by atoms with Gasteiger partial charge in [0.05, 0.1) is 18.9 Å². The number of H-pyrrole nitrogens is 1. The number of nitrogens with one attached hydrogen (secondary N) is 1. The first-order valence-corrected chi connectivity index (χ1v) is 7.23. The maximum atomic E-state index is 12.4. The monoisotopic (exact) mass is 297 g/mol. The molecule has 6 nitrogen and oxygen atoms in total. The second kappa shape index (κ2) is 5.31. The van der Waals surface area contributed by atoms with E-state index in [1.54, 1.807) is 11.0 Å². The minimum absolute atomic E-state index is 0.116. The van der Waals surface area contributed by atoms with Crippen LogP contribution in [0.1, 0.15) is 10.5 Å². The van der Waals surface area contributed by atoms with Crippen LogP contribution in [0.5, 0.6) is 0 Å². The average molecular weight is 297 g/mol. The second-order valence-electron chi connectivity index (χ2n) is 5.25. The number of morpholine rings is 1. The molecule has 0 radical (unpaired) electrons. The van der Waals surface area contributed by atoms with Gasteiger partial charge in [-0.15, -0.1) is 0 Å². The quantitative estimate of drug-likeness (QED) is 0.788. The number of hydrogen-bond acceptors (Lipinski definition) is 4. The Bertz CT molecular complexity index is 782. The van der Waals surface area contributed by atoms with Crippen LogP contribution < -0.4 is 0 Å². The lowest BCUT2D eigenvalue weighted by atomic mass is 10.2. The molecule has 1 aromatic carbocycles. The highest BCUT2D eigenvalue weighted by Gasteiger charge is 2.22. The van der Waals surface area contributed by atoms with Crippen LogP contribution in [0.3, 0.4) is 0 Å². The molecule has 22 heavy (non-hydrogen) atoms. The highest BCUT2D eigenvalue weighted by Crippen LogP contribution is 2.25. The van der Waals surface area contributed by atoms with Gasteiger partial charge in [-0.3, -0.25) is 4.79 Å². The minimum Gasteiger partial charge on any atom is -0.378 e. The Labute approximate surface area is 126 Å². The SMILES string of the molecule is O=C(c1cc(-c2cc3ccccc3[nH]2)on1)N1CCOCC1.